The molecule has 0 bridgehead atoms. The van der Waals surface area contributed by atoms with Crippen molar-refractivity contribution in [2.24, 2.45) is 0 Å². The molecule has 0 aliphatic carbocycles. The van der Waals surface area contributed by atoms with Gasteiger partial charge in [0.2, 0.25) is 0 Å². The highest BCUT2D eigenvalue weighted by atomic mass is 16.5. The molecule has 0 aliphatic heterocycles. The first-order valence-electron chi connectivity index (χ1n) is 3.09. The van der Waals surface area contributed by atoms with Crippen LogP contribution in [0, 0.1) is 0 Å². The average molecular weight is 187 g/mol. The number of carbonyl (C=O) groups excluding carboxylic acids is 3. The van der Waals surface area contributed by atoms with Gasteiger partial charge in [0.15, 0.2) is 0 Å². The summed E-state index contributed by atoms with van der Waals surface area (Å²) in [6.45, 7) is 0. The molecule has 0 radical (unpaired) electrons. The van der Waals surface area contributed by atoms with Gasteiger partial charge in [-0.3, -0.25) is 10.2 Å². The highest BCUT2D eigenvalue weighted by Crippen LogP contribution is 1.71. The first kappa shape index (κ1) is 11.0. The van der Waals surface area contributed by atoms with Crippen molar-refractivity contribution in [3.63, 3.8) is 0 Å². The molecule has 2 N–H and O–H groups in total. The predicted molar refractivity (Wildman–Crippen MR) is 37.8 cm³/mol. The van der Waals surface area contributed by atoms with Crippen molar-refractivity contribution in [1.82, 2.24) is 10.9 Å². The first-order valence-corrected chi connectivity index (χ1v) is 3.09. The number of hydrazine groups is 1. The maximum absolute atomic E-state index is 10.6. The summed E-state index contributed by atoms with van der Waals surface area (Å²) < 4.78 is 4.11. The number of aliphatic carboxylic acids is 1. The van der Waals surface area contributed by atoms with Crippen molar-refractivity contribution >= 4 is 18.0 Å². The van der Waals surface area contributed by atoms with Crippen LogP contribution in [-0.2, 0) is 14.3 Å². The van der Waals surface area contributed by atoms with Crippen LogP contribution < -0.4 is 16.0 Å². The van der Waals surface area contributed by atoms with E-state index in [9.17, 15) is 19.5 Å². The van der Waals surface area contributed by atoms with E-state index in [1.807, 2.05) is 10.9 Å². The van der Waals surface area contributed by atoms with Crippen molar-refractivity contribution in [2.75, 3.05) is 7.11 Å². The van der Waals surface area contributed by atoms with Gasteiger partial charge in [-0.05, 0) is 6.08 Å². The van der Waals surface area contributed by atoms with Gasteiger partial charge in [-0.1, -0.05) is 0 Å². The number of methoxy groups -OCH3 is 1. The molecule has 13 heavy (non-hydrogen) atoms. The predicted octanol–water partition coefficient (Wildman–Crippen LogP) is -2.32. The molecular weight excluding hydrogens is 180 g/mol. The Labute approximate surface area is 73.3 Å². The van der Waals surface area contributed by atoms with Crippen LogP contribution in [0.15, 0.2) is 12.2 Å². The Morgan fingerprint density at radius 3 is 2.31 bits per heavy atom. The van der Waals surface area contributed by atoms with E-state index in [-0.39, 0.29) is 0 Å². The van der Waals surface area contributed by atoms with Gasteiger partial charge >= 0.3 is 6.09 Å². The van der Waals surface area contributed by atoms with Crippen LogP contribution in [0.5, 0.6) is 0 Å². The quantitative estimate of drug-likeness (QED) is 0.372. The van der Waals surface area contributed by atoms with Crippen LogP contribution in [0.3, 0.4) is 0 Å². The fourth-order valence-electron chi connectivity index (χ4n) is 0.349. The third kappa shape index (κ3) is 6.35. The van der Waals surface area contributed by atoms with Gasteiger partial charge in [-0.2, -0.15) is 0 Å². The number of rotatable bonds is 2. The number of carbonyl (C=O) groups is 3. The van der Waals surface area contributed by atoms with Crippen LogP contribution in [0.4, 0.5) is 4.79 Å². The summed E-state index contributed by atoms with van der Waals surface area (Å²) in [7, 11) is 1.11. The minimum absolute atomic E-state index is 0.522. The molecule has 0 aromatic carbocycles. The molecule has 0 spiro atoms. The molecule has 0 fully saturated rings. The molecule has 72 valence electrons. The molecule has 0 aliphatic rings. The van der Waals surface area contributed by atoms with E-state index in [0.29, 0.717) is 12.2 Å². The summed E-state index contributed by atoms with van der Waals surface area (Å²) in [5.41, 5.74) is 3.68. The minimum atomic E-state index is -1.51. The molecule has 0 heterocycles. The summed E-state index contributed by atoms with van der Waals surface area (Å²) in [5, 5.41) is 9.81. The second-order valence-electron chi connectivity index (χ2n) is 1.76. The Balaban J connectivity index is 3.76. The number of carboxylic acids is 1. The number of carboxylic acid groups (broad SMARTS) is 1. The molecule has 0 saturated heterocycles. The SMILES string of the molecule is COC(=O)NNC(=O)/C=C/C(=O)[O-]. The van der Waals surface area contributed by atoms with E-state index in [4.69, 9.17) is 0 Å². The standard InChI is InChI=1S/C6H8N2O5/c1-13-6(12)8-7-4(9)2-3-5(10)11/h2-3H,1H3,(H,7,9)(H,8,12)(H,10,11)/p-1/b3-2+. The molecule has 0 saturated carbocycles. The molecule has 0 atom stereocenters. The highest BCUT2D eigenvalue weighted by Gasteiger charge is 1.98. The minimum Gasteiger partial charge on any atom is -0.545 e. The lowest BCUT2D eigenvalue weighted by Gasteiger charge is -2.02. The lowest BCUT2D eigenvalue weighted by molar-refractivity contribution is -0.297. The maximum atomic E-state index is 10.6. The Hall–Kier alpha value is -2.05. The van der Waals surface area contributed by atoms with Gasteiger partial charge in [0.1, 0.15) is 0 Å². The zero-order valence-electron chi connectivity index (χ0n) is 6.70. The third-order valence-corrected chi connectivity index (χ3v) is 0.844. The smallest absolute Gasteiger partial charge is 0.425 e. The number of hydrogen-bond acceptors (Lipinski definition) is 5. The Bertz CT molecular complexity index is 247. The van der Waals surface area contributed by atoms with E-state index in [0.717, 1.165) is 7.11 Å². The van der Waals surface area contributed by atoms with E-state index < -0.39 is 18.0 Å². The molecule has 0 aromatic rings. The number of nitrogens with one attached hydrogen (secondary N) is 2. The Morgan fingerprint density at radius 1 is 1.23 bits per heavy atom. The van der Waals surface area contributed by atoms with Crippen molar-refractivity contribution in [2.45, 2.75) is 0 Å². The van der Waals surface area contributed by atoms with Crippen molar-refractivity contribution in [3.8, 4) is 0 Å². The topological polar surface area (TPSA) is 108 Å². The maximum Gasteiger partial charge on any atom is 0.425 e. The normalized spacial score (nSPS) is 9.31. The van der Waals surface area contributed by atoms with Crippen LogP contribution >= 0.6 is 0 Å². The fraction of sp³-hybridized carbons (Fsp3) is 0.167. The first-order chi connectivity index (χ1) is 6.06. The highest BCUT2D eigenvalue weighted by molar-refractivity contribution is 5.93. The Kier molecular flexibility index (Phi) is 4.70. The second kappa shape index (κ2) is 5.58. The summed E-state index contributed by atoms with van der Waals surface area (Å²) in [4.78, 5) is 30.8. The molecule has 7 nitrogen and oxygen atoms in total. The van der Waals surface area contributed by atoms with Crippen LogP contribution in [-0.4, -0.2) is 25.1 Å². The van der Waals surface area contributed by atoms with E-state index in [2.05, 4.69) is 4.74 Å². The van der Waals surface area contributed by atoms with E-state index in [1.54, 1.807) is 0 Å². The van der Waals surface area contributed by atoms with Gasteiger partial charge in [-0.25, -0.2) is 10.2 Å². The van der Waals surface area contributed by atoms with Gasteiger partial charge in [-0.15, -0.1) is 0 Å². The lowest BCUT2D eigenvalue weighted by Crippen LogP contribution is -2.40. The van der Waals surface area contributed by atoms with E-state index in [1.165, 1.54) is 0 Å². The molecule has 0 rings (SSSR count). The summed E-state index contributed by atoms with van der Waals surface area (Å²) in [6.07, 6.45) is 0.342. The molecule has 0 unspecified atom stereocenters. The van der Waals surface area contributed by atoms with Gasteiger partial charge in [0, 0.05) is 6.08 Å². The number of ether oxygens (including phenoxy) is 1. The molecule has 2 amide bonds. The third-order valence-electron chi connectivity index (χ3n) is 0.844. The summed E-state index contributed by atoms with van der Waals surface area (Å²) >= 11 is 0. The van der Waals surface area contributed by atoms with Gasteiger partial charge < -0.3 is 14.6 Å². The van der Waals surface area contributed by atoms with Gasteiger partial charge in [0.25, 0.3) is 5.91 Å². The molecule has 0 aromatic heterocycles. The van der Waals surface area contributed by atoms with Crippen molar-refractivity contribution in [1.29, 1.82) is 0 Å². The van der Waals surface area contributed by atoms with Crippen LogP contribution in [0.25, 0.3) is 0 Å². The lowest BCUT2D eigenvalue weighted by atomic mass is 10.5. The molecule has 7 heteroatoms. The Morgan fingerprint density at radius 2 is 1.85 bits per heavy atom. The number of hydrogen-bond donors (Lipinski definition) is 2. The fourth-order valence-corrected chi connectivity index (χ4v) is 0.349. The largest absolute Gasteiger partial charge is 0.545 e. The van der Waals surface area contributed by atoms with Crippen LogP contribution in [0.1, 0.15) is 0 Å². The van der Waals surface area contributed by atoms with Crippen LogP contribution in [0.2, 0.25) is 0 Å². The number of amides is 2. The zero-order chi connectivity index (χ0) is 10.3. The van der Waals surface area contributed by atoms with Crippen molar-refractivity contribution in [3.05, 3.63) is 12.2 Å². The molecular formula is C6H7N2O5-. The second-order valence-corrected chi connectivity index (χ2v) is 1.76. The van der Waals surface area contributed by atoms with E-state index >= 15 is 0 Å². The zero-order valence-corrected chi connectivity index (χ0v) is 6.70. The summed E-state index contributed by atoms with van der Waals surface area (Å²) in [5.74, 6) is -2.32. The summed E-state index contributed by atoms with van der Waals surface area (Å²) in [6, 6.07) is 0. The monoisotopic (exact) mass is 187 g/mol. The van der Waals surface area contributed by atoms with Gasteiger partial charge in [0.05, 0.1) is 13.1 Å². The van der Waals surface area contributed by atoms with Crippen molar-refractivity contribution < 1.29 is 24.2 Å². The average Bonchev–Trinajstić information content (AvgIpc) is 2.10.